The van der Waals surface area contributed by atoms with E-state index in [0.717, 1.165) is 6.54 Å². The zero-order valence-corrected chi connectivity index (χ0v) is 10.1. The Bertz CT molecular complexity index is 271. The Morgan fingerprint density at radius 2 is 1.75 bits per heavy atom. The van der Waals surface area contributed by atoms with E-state index in [1.807, 2.05) is 7.05 Å². The van der Waals surface area contributed by atoms with Crippen LogP contribution in [0.25, 0.3) is 0 Å². The second-order valence-electron chi connectivity index (χ2n) is 3.17. The van der Waals surface area contributed by atoms with Crippen molar-refractivity contribution in [3.8, 4) is 0 Å². The number of unbranched alkanes of at least 4 members (excludes halogenated alkanes) is 1. The van der Waals surface area contributed by atoms with Gasteiger partial charge in [0.05, 0.1) is 13.6 Å². The topological polar surface area (TPSA) is 8.81 Å². The van der Waals surface area contributed by atoms with Crippen LogP contribution in [0.3, 0.4) is 0 Å². The average molecular weight is 262 g/mol. The summed E-state index contributed by atoms with van der Waals surface area (Å²) in [7, 11) is -3.96. The summed E-state index contributed by atoms with van der Waals surface area (Å²) in [6.45, 7) is 3.36. The molecule has 16 heavy (non-hydrogen) atoms. The quantitative estimate of drug-likeness (QED) is 0.450. The van der Waals surface area contributed by atoms with E-state index < -0.39 is 7.25 Å². The lowest BCUT2D eigenvalue weighted by atomic mass is 10.3. The van der Waals surface area contributed by atoms with Crippen molar-refractivity contribution in [2.75, 3.05) is 0 Å². The van der Waals surface area contributed by atoms with Crippen molar-refractivity contribution < 1.29 is 21.8 Å². The smallest absolute Gasteiger partial charge is 0.418 e. The normalized spacial score (nSPS) is 10.1. The Balaban J connectivity index is 0. The van der Waals surface area contributed by atoms with Gasteiger partial charge in [-0.15, -0.1) is 12.4 Å². The van der Waals surface area contributed by atoms with E-state index in [9.17, 15) is 17.3 Å². The van der Waals surface area contributed by atoms with Gasteiger partial charge in [-0.3, -0.25) is 0 Å². The van der Waals surface area contributed by atoms with Crippen LogP contribution in [0.1, 0.15) is 19.8 Å². The highest BCUT2D eigenvalue weighted by Crippen LogP contribution is 2.06. The molecule has 0 aliphatic rings. The van der Waals surface area contributed by atoms with E-state index >= 15 is 0 Å². The first-order valence-electron chi connectivity index (χ1n) is 4.71. The lowest BCUT2D eigenvalue weighted by molar-refractivity contribution is -0.671. The SMILES string of the molecule is CCCCn1cc[n+](C)c1.Cl.F[B-](F)(F)F. The molecule has 0 N–H and O–H groups in total. The van der Waals surface area contributed by atoms with Crippen molar-refractivity contribution in [2.45, 2.75) is 26.3 Å². The van der Waals surface area contributed by atoms with Crippen LogP contribution < -0.4 is 4.57 Å². The minimum absolute atomic E-state index is 0. The lowest BCUT2D eigenvalue weighted by Crippen LogP contribution is -2.23. The van der Waals surface area contributed by atoms with Crippen LogP contribution in [0.15, 0.2) is 18.7 Å². The van der Waals surface area contributed by atoms with Crippen molar-refractivity contribution in [1.82, 2.24) is 4.57 Å². The van der Waals surface area contributed by atoms with E-state index in [1.54, 1.807) is 0 Å². The molecular weight excluding hydrogens is 246 g/mol. The molecular formula is C8H16BClF4N2. The summed E-state index contributed by atoms with van der Waals surface area (Å²) >= 11 is 0. The van der Waals surface area contributed by atoms with Gasteiger partial charge in [0.2, 0.25) is 6.33 Å². The number of halogens is 5. The van der Waals surface area contributed by atoms with Gasteiger partial charge in [0.15, 0.2) is 0 Å². The molecule has 0 spiro atoms. The molecule has 0 saturated carbocycles. The van der Waals surface area contributed by atoms with E-state index in [-0.39, 0.29) is 12.4 Å². The molecule has 0 bridgehead atoms. The summed E-state index contributed by atoms with van der Waals surface area (Å²) in [5.41, 5.74) is 0. The fourth-order valence-electron chi connectivity index (χ4n) is 0.975. The summed E-state index contributed by atoms with van der Waals surface area (Å²) < 4.78 is 43.3. The van der Waals surface area contributed by atoms with Crippen LogP contribution >= 0.6 is 12.4 Å². The first-order chi connectivity index (χ1) is 6.83. The van der Waals surface area contributed by atoms with Gasteiger partial charge in [0.1, 0.15) is 12.4 Å². The van der Waals surface area contributed by atoms with Crippen LogP contribution in [-0.2, 0) is 13.6 Å². The van der Waals surface area contributed by atoms with Gasteiger partial charge >= 0.3 is 7.25 Å². The lowest BCUT2D eigenvalue weighted by Gasteiger charge is -1.94. The molecule has 0 aromatic carbocycles. The van der Waals surface area contributed by atoms with Crippen LogP contribution in [0.5, 0.6) is 0 Å². The third-order valence-corrected chi connectivity index (χ3v) is 1.59. The zero-order chi connectivity index (χ0) is 11.9. The first kappa shape index (κ1) is 17.7. The van der Waals surface area contributed by atoms with Gasteiger partial charge in [-0.2, -0.15) is 0 Å². The second-order valence-corrected chi connectivity index (χ2v) is 3.17. The largest absolute Gasteiger partial charge is 0.673 e. The van der Waals surface area contributed by atoms with Gasteiger partial charge in [-0.05, 0) is 6.42 Å². The Hall–Kier alpha value is -0.715. The van der Waals surface area contributed by atoms with E-state index in [4.69, 9.17) is 0 Å². The second kappa shape index (κ2) is 8.44. The van der Waals surface area contributed by atoms with Crippen molar-refractivity contribution in [3.05, 3.63) is 18.7 Å². The number of aromatic nitrogens is 2. The minimum Gasteiger partial charge on any atom is -0.418 e. The first-order valence-corrected chi connectivity index (χ1v) is 4.71. The number of aryl methyl sites for hydroxylation is 2. The molecule has 96 valence electrons. The zero-order valence-electron chi connectivity index (χ0n) is 9.25. The highest BCUT2D eigenvalue weighted by Gasteiger charge is 2.20. The summed E-state index contributed by atoms with van der Waals surface area (Å²) in [6.07, 6.45) is 8.82. The highest BCUT2D eigenvalue weighted by molar-refractivity contribution is 6.50. The van der Waals surface area contributed by atoms with E-state index in [2.05, 4.69) is 34.8 Å². The molecule has 1 aromatic rings. The van der Waals surface area contributed by atoms with Crippen molar-refractivity contribution in [1.29, 1.82) is 0 Å². The number of hydrogen-bond acceptors (Lipinski definition) is 0. The van der Waals surface area contributed by atoms with E-state index in [0.29, 0.717) is 0 Å². The van der Waals surface area contributed by atoms with E-state index in [1.165, 1.54) is 12.8 Å². The maximum Gasteiger partial charge on any atom is 0.673 e. The van der Waals surface area contributed by atoms with Crippen molar-refractivity contribution in [2.24, 2.45) is 7.05 Å². The Labute approximate surface area is 98.8 Å². The molecule has 0 atom stereocenters. The molecule has 0 saturated heterocycles. The maximum atomic E-state index is 9.75. The molecule has 1 aromatic heterocycles. The predicted octanol–water partition coefficient (Wildman–Crippen LogP) is 2.83. The maximum absolute atomic E-state index is 9.75. The summed E-state index contributed by atoms with van der Waals surface area (Å²) in [5.74, 6) is 0. The molecule has 0 amide bonds. The van der Waals surface area contributed by atoms with Crippen LogP contribution in [-0.4, -0.2) is 11.8 Å². The number of imidazole rings is 1. The van der Waals surface area contributed by atoms with Gasteiger partial charge in [0.25, 0.3) is 0 Å². The van der Waals surface area contributed by atoms with Gasteiger partial charge < -0.3 is 17.3 Å². The molecule has 0 unspecified atom stereocenters. The molecule has 2 nitrogen and oxygen atoms in total. The molecule has 0 aliphatic heterocycles. The molecule has 0 fully saturated rings. The summed E-state index contributed by atoms with van der Waals surface area (Å²) in [5, 5.41) is 0. The predicted molar refractivity (Wildman–Crippen MR) is 58.0 cm³/mol. The molecule has 0 radical (unpaired) electrons. The number of hydrogen-bond donors (Lipinski definition) is 0. The Morgan fingerprint density at radius 3 is 2.06 bits per heavy atom. The minimum atomic E-state index is -6.00. The molecule has 0 aliphatic carbocycles. The average Bonchev–Trinajstić information content (AvgIpc) is 2.45. The molecule has 8 heteroatoms. The number of nitrogens with zero attached hydrogens (tertiary/aromatic N) is 2. The van der Waals surface area contributed by atoms with Crippen LogP contribution in [0, 0.1) is 0 Å². The van der Waals surface area contributed by atoms with Gasteiger partial charge in [-0.1, -0.05) is 13.3 Å². The van der Waals surface area contributed by atoms with Crippen LogP contribution in [0.4, 0.5) is 17.3 Å². The Kier molecular flexibility index (Phi) is 9.32. The molecule has 1 rings (SSSR count). The highest BCUT2D eigenvalue weighted by atomic mass is 35.5. The Morgan fingerprint density at radius 1 is 1.25 bits per heavy atom. The third kappa shape index (κ3) is 13.3. The monoisotopic (exact) mass is 262 g/mol. The summed E-state index contributed by atoms with van der Waals surface area (Å²) in [6, 6.07) is 0. The fraction of sp³-hybridized carbons (Fsp3) is 0.625. The fourth-order valence-corrected chi connectivity index (χ4v) is 0.975. The number of rotatable bonds is 3. The summed E-state index contributed by atoms with van der Waals surface area (Å²) in [4.78, 5) is 0. The van der Waals surface area contributed by atoms with Crippen LogP contribution in [0.2, 0.25) is 0 Å². The molecule has 1 heterocycles. The van der Waals surface area contributed by atoms with Gasteiger partial charge in [-0.25, -0.2) is 9.13 Å². The van der Waals surface area contributed by atoms with Crippen molar-refractivity contribution in [3.63, 3.8) is 0 Å². The third-order valence-electron chi connectivity index (χ3n) is 1.59. The van der Waals surface area contributed by atoms with Gasteiger partial charge in [0, 0.05) is 0 Å². The standard InChI is InChI=1S/C8H15N2.BF4.ClH/c1-3-4-5-10-7-6-9(2)8-10;2-1(3,4)5;/h6-8H,3-5H2,1-2H3;;1H/q+1;-1;. The van der Waals surface area contributed by atoms with Crippen molar-refractivity contribution >= 4 is 19.7 Å².